The number of hydrogen-bond donors (Lipinski definition) is 2. The molecule has 1 atom stereocenters. The number of nitrogens with one attached hydrogen (secondary N) is 2. The van der Waals surface area contributed by atoms with E-state index in [0.29, 0.717) is 5.56 Å². The Hall–Kier alpha value is -1.31. The largest absolute Gasteiger partial charge is 0.357 e. The van der Waals surface area contributed by atoms with E-state index in [0.717, 1.165) is 56.0 Å². The maximum absolute atomic E-state index is 11.8. The monoisotopic (exact) mass is 486 g/mol. The van der Waals surface area contributed by atoms with Crippen molar-refractivity contribution in [2.75, 3.05) is 33.2 Å². The molecule has 1 amide bonds. The zero-order valence-electron chi connectivity index (χ0n) is 17.1. The van der Waals surface area contributed by atoms with Crippen molar-refractivity contribution in [1.29, 1.82) is 0 Å². The van der Waals surface area contributed by atoms with Crippen molar-refractivity contribution in [3.05, 3.63) is 35.4 Å². The van der Waals surface area contributed by atoms with Crippen LogP contribution in [-0.2, 0) is 6.42 Å². The second kappa shape index (κ2) is 12.2. The number of halogens is 1. The summed E-state index contributed by atoms with van der Waals surface area (Å²) in [5.41, 5.74) is 1.85. The molecular formula is C21H35IN4O. The van der Waals surface area contributed by atoms with E-state index in [1.807, 2.05) is 18.2 Å². The van der Waals surface area contributed by atoms with E-state index in [2.05, 4.69) is 42.4 Å². The second-order valence-electron chi connectivity index (χ2n) is 7.50. The normalized spacial score (nSPS) is 17.0. The summed E-state index contributed by atoms with van der Waals surface area (Å²) in [7, 11) is 1.66. The Morgan fingerprint density at radius 2 is 2.15 bits per heavy atom. The summed E-state index contributed by atoms with van der Waals surface area (Å²) in [6.45, 7) is 10.5. The summed E-state index contributed by atoms with van der Waals surface area (Å²) in [6.07, 6.45) is 3.39. The predicted molar refractivity (Wildman–Crippen MR) is 124 cm³/mol. The summed E-state index contributed by atoms with van der Waals surface area (Å²) in [5, 5.41) is 6.11. The third-order valence-electron chi connectivity index (χ3n) is 4.80. The quantitative estimate of drug-likeness (QED) is 0.352. The maximum atomic E-state index is 11.8. The highest BCUT2D eigenvalue weighted by atomic mass is 127. The maximum Gasteiger partial charge on any atom is 0.251 e. The highest BCUT2D eigenvalue weighted by Crippen LogP contribution is 2.23. The standard InChI is InChI=1S/C21H34N4O.HI/c1-5-23-21(25-12-10-18(15-25)13-16(2)3)24-11-9-17-7-6-8-19(14-17)20(26)22-4;/h6-8,14,16,18H,5,9-13,15H2,1-4H3,(H,22,26)(H,23,24);1H. The average molecular weight is 486 g/mol. The van der Waals surface area contributed by atoms with Gasteiger partial charge in [0.1, 0.15) is 0 Å². The van der Waals surface area contributed by atoms with E-state index in [1.165, 1.54) is 12.8 Å². The molecule has 0 bridgehead atoms. The highest BCUT2D eigenvalue weighted by molar-refractivity contribution is 14.0. The number of carbonyl (C=O) groups is 1. The zero-order valence-corrected chi connectivity index (χ0v) is 19.5. The van der Waals surface area contributed by atoms with Gasteiger partial charge in [-0.15, -0.1) is 24.0 Å². The van der Waals surface area contributed by atoms with Crippen molar-refractivity contribution < 1.29 is 4.79 Å². The third-order valence-corrected chi connectivity index (χ3v) is 4.80. The fraction of sp³-hybridized carbons (Fsp3) is 0.619. The summed E-state index contributed by atoms with van der Waals surface area (Å²) in [6, 6.07) is 7.79. The van der Waals surface area contributed by atoms with E-state index in [-0.39, 0.29) is 29.9 Å². The van der Waals surface area contributed by atoms with Gasteiger partial charge in [0.2, 0.25) is 0 Å². The first kappa shape index (κ1) is 23.7. The lowest BCUT2D eigenvalue weighted by atomic mass is 9.97. The van der Waals surface area contributed by atoms with Crippen LogP contribution in [0.25, 0.3) is 0 Å². The number of carbonyl (C=O) groups excluding carboxylic acids is 1. The lowest BCUT2D eigenvalue weighted by molar-refractivity contribution is 0.0963. The lowest BCUT2D eigenvalue weighted by Gasteiger charge is -2.22. The molecule has 0 saturated carbocycles. The van der Waals surface area contributed by atoms with Crippen molar-refractivity contribution in [3.8, 4) is 0 Å². The van der Waals surface area contributed by atoms with Crippen LogP contribution < -0.4 is 10.6 Å². The molecule has 5 nitrogen and oxygen atoms in total. The van der Waals surface area contributed by atoms with E-state index in [4.69, 9.17) is 4.99 Å². The number of likely N-dealkylation sites (tertiary alicyclic amines) is 1. The van der Waals surface area contributed by atoms with E-state index >= 15 is 0 Å². The fourth-order valence-corrected chi connectivity index (χ4v) is 3.61. The van der Waals surface area contributed by atoms with Crippen LogP contribution in [0.4, 0.5) is 0 Å². The van der Waals surface area contributed by atoms with E-state index in [9.17, 15) is 4.79 Å². The first-order valence-corrected chi connectivity index (χ1v) is 9.87. The molecule has 1 fully saturated rings. The van der Waals surface area contributed by atoms with E-state index in [1.54, 1.807) is 7.05 Å². The molecular weight excluding hydrogens is 451 g/mol. The van der Waals surface area contributed by atoms with Crippen molar-refractivity contribution in [3.63, 3.8) is 0 Å². The van der Waals surface area contributed by atoms with Gasteiger partial charge in [-0.3, -0.25) is 9.79 Å². The molecule has 0 spiro atoms. The molecule has 0 aliphatic carbocycles. The highest BCUT2D eigenvalue weighted by Gasteiger charge is 2.25. The Morgan fingerprint density at radius 3 is 2.81 bits per heavy atom. The molecule has 152 valence electrons. The number of benzene rings is 1. The number of aliphatic imine (C=N–C) groups is 1. The van der Waals surface area contributed by atoms with Gasteiger partial charge < -0.3 is 15.5 Å². The molecule has 1 aliphatic rings. The molecule has 1 aromatic carbocycles. The van der Waals surface area contributed by atoms with E-state index < -0.39 is 0 Å². The van der Waals surface area contributed by atoms with Crippen LogP contribution in [0.3, 0.4) is 0 Å². The van der Waals surface area contributed by atoms with Gasteiger partial charge in [-0.1, -0.05) is 26.0 Å². The molecule has 2 rings (SSSR count). The molecule has 1 unspecified atom stereocenters. The first-order valence-electron chi connectivity index (χ1n) is 9.87. The van der Waals surface area contributed by atoms with Gasteiger partial charge >= 0.3 is 0 Å². The van der Waals surface area contributed by atoms with Gasteiger partial charge in [-0.05, 0) is 55.7 Å². The summed E-state index contributed by atoms with van der Waals surface area (Å²) in [4.78, 5) is 19.0. The Balaban J connectivity index is 0.00000364. The van der Waals surface area contributed by atoms with Gasteiger partial charge in [-0.2, -0.15) is 0 Å². The van der Waals surface area contributed by atoms with Crippen LogP contribution in [0.5, 0.6) is 0 Å². The summed E-state index contributed by atoms with van der Waals surface area (Å²) in [5.74, 6) is 2.52. The van der Waals surface area contributed by atoms with Crippen LogP contribution >= 0.6 is 24.0 Å². The Kier molecular flexibility index (Phi) is 10.7. The fourth-order valence-electron chi connectivity index (χ4n) is 3.61. The minimum Gasteiger partial charge on any atom is -0.357 e. The summed E-state index contributed by atoms with van der Waals surface area (Å²) >= 11 is 0. The van der Waals surface area contributed by atoms with Crippen LogP contribution in [0.1, 0.15) is 49.5 Å². The van der Waals surface area contributed by atoms with Crippen molar-refractivity contribution in [2.24, 2.45) is 16.8 Å². The Labute approximate surface area is 181 Å². The number of guanidine groups is 1. The molecule has 1 heterocycles. The first-order chi connectivity index (χ1) is 12.5. The van der Waals surface area contributed by atoms with Crippen LogP contribution in [-0.4, -0.2) is 50.0 Å². The van der Waals surface area contributed by atoms with Crippen LogP contribution in [0, 0.1) is 11.8 Å². The van der Waals surface area contributed by atoms with Crippen LogP contribution in [0.2, 0.25) is 0 Å². The van der Waals surface area contributed by atoms with Crippen molar-refractivity contribution in [1.82, 2.24) is 15.5 Å². The van der Waals surface area contributed by atoms with Crippen molar-refractivity contribution in [2.45, 2.75) is 40.0 Å². The number of rotatable bonds is 7. The van der Waals surface area contributed by atoms with Gasteiger partial charge in [0.25, 0.3) is 5.91 Å². The van der Waals surface area contributed by atoms with Crippen molar-refractivity contribution >= 4 is 35.8 Å². The molecule has 27 heavy (non-hydrogen) atoms. The smallest absolute Gasteiger partial charge is 0.251 e. The molecule has 6 heteroatoms. The average Bonchev–Trinajstić information content (AvgIpc) is 3.08. The topological polar surface area (TPSA) is 56.7 Å². The number of hydrogen-bond acceptors (Lipinski definition) is 2. The zero-order chi connectivity index (χ0) is 18.9. The summed E-state index contributed by atoms with van der Waals surface area (Å²) < 4.78 is 0. The van der Waals surface area contributed by atoms with Gasteiger partial charge in [0, 0.05) is 38.8 Å². The molecule has 0 radical (unpaired) electrons. The lowest BCUT2D eigenvalue weighted by Crippen LogP contribution is -2.40. The van der Waals surface area contributed by atoms with Gasteiger partial charge in [0.15, 0.2) is 5.96 Å². The molecule has 2 N–H and O–H groups in total. The van der Waals surface area contributed by atoms with Crippen LogP contribution in [0.15, 0.2) is 29.3 Å². The van der Waals surface area contributed by atoms with Gasteiger partial charge in [-0.25, -0.2) is 0 Å². The minimum absolute atomic E-state index is 0. The third kappa shape index (κ3) is 7.68. The number of amides is 1. The number of nitrogens with zero attached hydrogens (tertiary/aromatic N) is 2. The molecule has 0 aromatic heterocycles. The molecule has 1 aromatic rings. The Morgan fingerprint density at radius 1 is 1.37 bits per heavy atom. The molecule has 1 saturated heterocycles. The second-order valence-corrected chi connectivity index (χ2v) is 7.50. The predicted octanol–water partition coefficient (Wildman–Crippen LogP) is 3.54. The molecule has 1 aliphatic heterocycles. The SMILES string of the molecule is CCNC(=NCCc1cccc(C(=O)NC)c1)N1CCC(CC(C)C)C1.I. The minimum atomic E-state index is -0.0445. The van der Waals surface area contributed by atoms with Gasteiger partial charge in [0.05, 0.1) is 0 Å². The Bertz CT molecular complexity index is 618.